The lowest BCUT2D eigenvalue weighted by atomic mass is 10.4. The van der Waals surface area contributed by atoms with Crippen molar-refractivity contribution in [2.75, 3.05) is 13.2 Å². The summed E-state index contributed by atoms with van der Waals surface area (Å²) in [7, 11) is 0. The predicted octanol–water partition coefficient (Wildman–Crippen LogP) is 0.196. The van der Waals surface area contributed by atoms with Crippen LogP contribution < -0.4 is 10.6 Å². The molecular weight excluding hydrogens is 208 g/mol. The molecule has 1 aliphatic carbocycles. The van der Waals surface area contributed by atoms with Crippen LogP contribution in [0.25, 0.3) is 0 Å². The van der Waals surface area contributed by atoms with Crippen LogP contribution in [0.5, 0.6) is 0 Å². The third kappa shape index (κ3) is 6.40. The van der Waals surface area contributed by atoms with Crippen LogP contribution in [0, 0.1) is 0 Å². The summed E-state index contributed by atoms with van der Waals surface area (Å²) < 4.78 is 5.12. The summed E-state index contributed by atoms with van der Waals surface area (Å²) in [6.07, 6.45) is 2.55. The molecular formula is C11H20N2O3. The van der Waals surface area contributed by atoms with Crippen molar-refractivity contribution in [2.45, 2.75) is 45.3 Å². The van der Waals surface area contributed by atoms with E-state index in [0.29, 0.717) is 19.0 Å². The Labute approximate surface area is 95.9 Å². The smallest absolute Gasteiger partial charge is 0.246 e. The Bertz CT molecular complexity index is 250. The molecule has 0 radical (unpaired) electrons. The van der Waals surface area contributed by atoms with E-state index in [-0.39, 0.29) is 24.5 Å². The van der Waals surface area contributed by atoms with E-state index in [1.54, 1.807) is 0 Å². The first-order valence-corrected chi connectivity index (χ1v) is 5.75. The van der Waals surface area contributed by atoms with Crippen molar-refractivity contribution in [1.82, 2.24) is 10.6 Å². The fourth-order valence-electron chi connectivity index (χ4n) is 1.14. The molecule has 5 heteroatoms. The second kappa shape index (κ2) is 6.48. The largest absolute Gasteiger partial charge is 0.369 e. The summed E-state index contributed by atoms with van der Waals surface area (Å²) in [5.74, 6) is -0.166. The zero-order valence-electron chi connectivity index (χ0n) is 9.91. The average Bonchev–Trinajstić information content (AvgIpc) is 2.98. The summed E-state index contributed by atoms with van der Waals surface area (Å²) >= 11 is 0. The maximum absolute atomic E-state index is 11.2. The highest BCUT2D eigenvalue weighted by atomic mass is 16.5. The molecule has 1 fully saturated rings. The van der Waals surface area contributed by atoms with Gasteiger partial charge < -0.3 is 15.4 Å². The van der Waals surface area contributed by atoms with Crippen molar-refractivity contribution in [3.63, 3.8) is 0 Å². The molecule has 0 unspecified atom stereocenters. The fraction of sp³-hybridized carbons (Fsp3) is 0.818. The number of ether oxygens (including phenoxy) is 1. The van der Waals surface area contributed by atoms with Crippen molar-refractivity contribution >= 4 is 11.8 Å². The minimum Gasteiger partial charge on any atom is -0.369 e. The van der Waals surface area contributed by atoms with E-state index in [4.69, 9.17) is 4.74 Å². The Morgan fingerprint density at radius 3 is 2.56 bits per heavy atom. The molecule has 1 aliphatic rings. The SMILES string of the molecule is CC(C)OCC(=O)NCCC(=O)NC1CC1. The molecule has 0 atom stereocenters. The summed E-state index contributed by atoms with van der Waals surface area (Å²) in [4.78, 5) is 22.4. The molecule has 92 valence electrons. The van der Waals surface area contributed by atoms with Crippen molar-refractivity contribution in [1.29, 1.82) is 0 Å². The Balaban J connectivity index is 1.96. The number of rotatable bonds is 7. The highest BCUT2D eigenvalue weighted by Crippen LogP contribution is 2.18. The van der Waals surface area contributed by atoms with Gasteiger partial charge in [0.05, 0.1) is 6.10 Å². The second-order valence-electron chi connectivity index (χ2n) is 4.30. The maximum Gasteiger partial charge on any atom is 0.246 e. The summed E-state index contributed by atoms with van der Waals surface area (Å²) in [5.41, 5.74) is 0. The average molecular weight is 228 g/mol. The lowest BCUT2D eigenvalue weighted by Crippen LogP contribution is -2.33. The van der Waals surface area contributed by atoms with E-state index in [2.05, 4.69) is 10.6 Å². The van der Waals surface area contributed by atoms with Crippen LogP contribution in [0.2, 0.25) is 0 Å². The molecule has 16 heavy (non-hydrogen) atoms. The third-order valence-corrected chi connectivity index (χ3v) is 2.16. The van der Waals surface area contributed by atoms with Crippen LogP contribution in [0.3, 0.4) is 0 Å². The minimum absolute atomic E-state index is 0.00702. The van der Waals surface area contributed by atoms with E-state index in [1.807, 2.05) is 13.8 Å². The zero-order chi connectivity index (χ0) is 12.0. The summed E-state index contributed by atoms with van der Waals surface area (Å²) in [6.45, 7) is 4.17. The number of carbonyl (C=O) groups is 2. The molecule has 0 aromatic rings. The molecule has 5 nitrogen and oxygen atoms in total. The number of amides is 2. The van der Waals surface area contributed by atoms with E-state index in [1.165, 1.54) is 0 Å². The first kappa shape index (κ1) is 13.0. The van der Waals surface area contributed by atoms with Gasteiger partial charge in [-0.15, -0.1) is 0 Å². The molecule has 0 spiro atoms. The first-order valence-electron chi connectivity index (χ1n) is 5.75. The predicted molar refractivity (Wildman–Crippen MR) is 59.9 cm³/mol. The lowest BCUT2D eigenvalue weighted by Gasteiger charge is -2.08. The molecule has 0 bridgehead atoms. The van der Waals surface area contributed by atoms with Gasteiger partial charge in [0.2, 0.25) is 11.8 Å². The van der Waals surface area contributed by atoms with Crippen LogP contribution in [-0.4, -0.2) is 37.1 Å². The molecule has 1 saturated carbocycles. The molecule has 2 amide bonds. The Kier molecular flexibility index (Phi) is 5.25. The monoisotopic (exact) mass is 228 g/mol. The van der Waals surface area contributed by atoms with Crippen LogP contribution in [-0.2, 0) is 14.3 Å². The fourth-order valence-corrected chi connectivity index (χ4v) is 1.14. The van der Waals surface area contributed by atoms with Crippen molar-refractivity contribution in [3.8, 4) is 0 Å². The van der Waals surface area contributed by atoms with Crippen molar-refractivity contribution < 1.29 is 14.3 Å². The van der Waals surface area contributed by atoms with Crippen molar-refractivity contribution in [2.24, 2.45) is 0 Å². The standard InChI is InChI=1S/C11H20N2O3/c1-8(2)16-7-11(15)12-6-5-10(14)13-9-3-4-9/h8-9H,3-7H2,1-2H3,(H,12,15)(H,13,14). The molecule has 0 heterocycles. The maximum atomic E-state index is 11.2. The van der Waals surface area contributed by atoms with Crippen LogP contribution in [0.15, 0.2) is 0 Å². The number of hydrogen-bond acceptors (Lipinski definition) is 3. The molecule has 0 aromatic heterocycles. The molecule has 0 aromatic carbocycles. The van der Waals surface area contributed by atoms with Gasteiger partial charge in [-0.1, -0.05) is 0 Å². The van der Waals surface area contributed by atoms with E-state index >= 15 is 0 Å². The van der Waals surface area contributed by atoms with Crippen molar-refractivity contribution in [3.05, 3.63) is 0 Å². The highest BCUT2D eigenvalue weighted by Gasteiger charge is 2.22. The number of carbonyl (C=O) groups excluding carboxylic acids is 2. The Morgan fingerprint density at radius 2 is 2.00 bits per heavy atom. The van der Waals surface area contributed by atoms with Gasteiger partial charge in [0.15, 0.2) is 0 Å². The van der Waals surface area contributed by atoms with Gasteiger partial charge in [0.1, 0.15) is 6.61 Å². The lowest BCUT2D eigenvalue weighted by molar-refractivity contribution is -0.127. The van der Waals surface area contributed by atoms with Gasteiger partial charge in [0, 0.05) is 19.0 Å². The second-order valence-corrected chi connectivity index (χ2v) is 4.30. The van der Waals surface area contributed by atoms with Crippen LogP contribution in [0.4, 0.5) is 0 Å². The van der Waals surface area contributed by atoms with Gasteiger partial charge in [-0.25, -0.2) is 0 Å². The minimum atomic E-state index is -0.173. The normalized spacial score (nSPS) is 14.9. The van der Waals surface area contributed by atoms with Crippen LogP contribution in [0.1, 0.15) is 33.1 Å². The Hall–Kier alpha value is -1.10. The Morgan fingerprint density at radius 1 is 1.31 bits per heavy atom. The molecule has 1 rings (SSSR count). The van der Waals surface area contributed by atoms with Crippen LogP contribution >= 0.6 is 0 Å². The number of hydrogen-bond donors (Lipinski definition) is 2. The van der Waals surface area contributed by atoms with E-state index in [9.17, 15) is 9.59 Å². The summed E-state index contributed by atoms with van der Waals surface area (Å²) in [5, 5.41) is 5.49. The number of nitrogens with one attached hydrogen (secondary N) is 2. The molecule has 0 aliphatic heterocycles. The van der Waals surface area contributed by atoms with Gasteiger partial charge in [-0.05, 0) is 26.7 Å². The summed E-state index contributed by atoms with van der Waals surface area (Å²) in [6, 6.07) is 0.382. The van der Waals surface area contributed by atoms with Gasteiger partial charge >= 0.3 is 0 Å². The quantitative estimate of drug-likeness (QED) is 0.654. The highest BCUT2D eigenvalue weighted by molar-refractivity contribution is 5.79. The molecule has 2 N–H and O–H groups in total. The van der Waals surface area contributed by atoms with E-state index < -0.39 is 0 Å². The van der Waals surface area contributed by atoms with E-state index in [0.717, 1.165) is 12.8 Å². The topological polar surface area (TPSA) is 67.4 Å². The zero-order valence-corrected chi connectivity index (χ0v) is 9.91. The first-order chi connectivity index (χ1) is 7.58. The third-order valence-electron chi connectivity index (χ3n) is 2.16. The van der Waals surface area contributed by atoms with Gasteiger partial charge in [-0.2, -0.15) is 0 Å². The molecule has 0 saturated heterocycles. The van der Waals surface area contributed by atoms with Gasteiger partial charge in [0.25, 0.3) is 0 Å². The van der Waals surface area contributed by atoms with Gasteiger partial charge in [-0.3, -0.25) is 9.59 Å².